The average Bonchev–Trinajstić information content (AvgIpc) is 3.03. The molecule has 3 rings (SSSR count). The second kappa shape index (κ2) is 9.60. The van der Waals surface area contributed by atoms with Crippen LogP contribution < -0.4 is 10.6 Å². The van der Waals surface area contributed by atoms with Crippen molar-refractivity contribution in [1.29, 1.82) is 0 Å². The molecule has 3 N–H and O–H groups in total. The van der Waals surface area contributed by atoms with Crippen LogP contribution in [0.2, 0.25) is 0 Å². The van der Waals surface area contributed by atoms with Crippen LogP contribution in [-0.4, -0.2) is 57.5 Å². The van der Waals surface area contributed by atoms with Crippen LogP contribution in [0.3, 0.4) is 0 Å². The SMILES string of the molecule is CC(C)(C)OC(=O)N[C@H](CCCc1cccc2c1CN(C1CCC(=O)NC1=O)C2=O)C(=O)O. The zero-order valence-corrected chi connectivity index (χ0v) is 19.0. The number of carboxylic acids is 1. The molecule has 2 atom stereocenters. The van der Waals surface area contributed by atoms with Gasteiger partial charge in [0.05, 0.1) is 0 Å². The maximum atomic E-state index is 12.9. The summed E-state index contributed by atoms with van der Waals surface area (Å²) in [7, 11) is 0. The molecular weight excluding hydrogens is 430 g/mol. The first-order valence-corrected chi connectivity index (χ1v) is 10.9. The number of nitrogens with one attached hydrogen (secondary N) is 2. The molecule has 0 saturated carbocycles. The quantitative estimate of drug-likeness (QED) is 0.527. The molecule has 1 saturated heterocycles. The second-order valence-corrected chi connectivity index (χ2v) is 9.27. The van der Waals surface area contributed by atoms with Gasteiger partial charge in [0.2, 0.25) is 11.8 Å². The van der Waals surface area contributed by atoms with Gasteiger partial charge in [-0.3, -0.25) is 19.7 Å². The molecular formula is C23H29N3O7. The summed E-state index contributed by atoms with van der Waals surface area (Å²) in [5, 5.41) is 14.1. The van der Waals surface area contributed by atoms with Gasteiger partial charge in [-0.05, 0) is 63.6 Å². The lowest BCUT2D eigenvalue weighted by Crippen LogP contribution is -2.52. The molecule has 0 radical (unpaired) electrons. The van der Waals surface area contributed by atoms with E-state index >= 15 is 0 Å². The minimum absolute atomic E-state index is 0.184. The number of carbonyl (C=O) groups is 5. The van der Waals surface area contributed by atoms with Crippen LogP contribution >= 0.6 is 0 Å². The van der Waals surface area contributed by atoms with Crippen LogP contribution in [0.1, 0.15) is 67.9 Å². The zero-order valence-electron chi connectivity index (χ0n) is 19.0. The average molecular weight is 459 g/mol. The first-order chi connectivity index (χ1) is 15.5. The molecule has 2 aliphatic rings. The van der Waals surface area contributed by atoms with Crippen LogP contribution in [0.4, 0.5) is 4.79 Å². The highest BCUT2D eigenvalue weighted by Crippen LogP contribution is 2.30. The standard InChI is InChI=1S/C23H29N3O7/c1-23(2,3)33-22(32)24-16(21(30)31)9-5-7-13-6-4-8-14-15(13)12-26(20(14)29)17-10-11-18(27)25-19(17)28/h4,6,8,16-17H,5,7,9-12H2,1-3H3,(H,24,32)(H,30,31)(H,25,27,28)/t16-,17?/m1/s1. The molecule has 10 nitrogen and oxygen atoms in total. The normalized spacial score (nSPS) is 19.1. The molecule has 1 unspecified atom stereocenters. The van der Waals surface area contributed by atoms with Gasteiger partial charge in [0.15, 0.2) is 0 Å². The number of alkyl carbamates (subject to hydrolysis) is 1. The molecule has 10 heteroatoms. The maximum Gasteiger partial charge on any atom is 0.408 e. The lowest BCUT2D eigenvalue weighted by Gasteiger charge is -2.29. The fourth-order valence-electron chi connectivity index (χ4n) is 4.09. The van der Waals surface area contributed by atoms with E-state index in [0.717, 1.165) is 11.1 Å². The molecule has 1 aromatic carbocycles. The number of rotatable bonds is 7. The Kier molecular flexibility index (Phi) is 7.04. The number of amides is 4. The highest BCUT2D eigenvalue weighted by Gasteiger charge is 2.39. The van der Waals surface area contributed by atoms with Crippen molar-refractivity contribution in [3.63, 3.8) is 0 Å². The number of hydrogen-bond donors (Lipinski definition) is 3. The predicted molar refractivity (Wildman–Crippen MR) is 116 cm³/mol. The third-order valence-electron chi connectivity index (χ3n) is 5.61. The summed E-state index contributed by atoms with van der Waals surface area (Å²) >= 11 is 0. The third kappa shape index (κ3) is 5.88. The summed E-state index contributed by atoms with van der Waals surface area (Å²) in [6, 6.07) is 3.55. The number of aliphatic carboxylic acids is 1. The number of nitrogens with zero attached hydrogens (tertiary/aromatic N) is 1. The summed E-state index contributed by atoms with van der Waals surface area (Å²) in [6.07, 6.45) is 0.820. The summed E-state index contributed by atoms with van der Waals surface area (Å²) in [4.78, 5) is 61.6. The van der Waals surface area contributed by atoms with Crippen LogP contribution in [0.5, 0.6) is 0 Å². The van der Waals surface area contributed by atoms with Crippen molar-refractivity contribution in [3.8, 4) is 0 Å². The van der Waals surface area contributed by atoms with Gasteiger partial charge < -0.3 is 20.1 Å². The van der Waals surface area contributed by atoms with E-state index in [0.29, 0.717) is 18.4 Å². The third-order valence-corrected chi connectivity index (χ3v) is 5.61. The van der Waals surface area contributed by atoms with E-state index in [1.54, 1.807) is 32.9 Å². The van der Waals surface area contributed by atoms with Gasteiger partial charge in [-0.2, -0.15) is 0 Å². The van der Waals surface area contributed by atoms with Crippen LogP contribution in [0.15, 0.2) is 18.2 Å². The predicted octanol–water partition coefficient (Wildman–Crippen LogP) is 1.75. The number of ether oxygens (including phenoxy) is 1. The largest absolute Gasteiger partial charge is 0.480 e. The van der Waals surface area contributed by atoms with E-state index in [1.165, 1.54) is 4.90 Å². The fraction of sp³-hybridized carbons (Fsp3) is 0.522. The number of imide groups is 1. The highest BCUT2D eigenvalue weighted by atomic mass is 16.6. The van der Waals surface area contributed by atoms with Gasteiger partial charge in [0.25, 0.3) is 5.91 Å². The van der Waals surface area contributed by atoms with Crippen molar-refractivity contribution >= 4 is 29.8 Å². The molecule has 2 aliphatic heterocycles. The summed E-state index contributed by atoms with van der Waals surface area (Å²) in [6.45, 7) is 5.34. The van der Waals surface area contributed by atoms with Crippen LogP contribution in [0, 0.1) is 0 Å². The van der Waals surface area contributed by atoms with E-state index in [1.807, 2.05) is 6.07 Å². The second-order valence-electron chi connectivity index (χ2n) is 9.27. The number of hydrogen-bond acceptors (Lipinski definition) is 6. The van der Waals surface area contributed by atoms with E-state index < -0.39 is 35.7 Å². The molecule has 33 heavy (non-hydrogen) atoms. The zero-order chi connectivity index (χ0) is 24.3. The minimum Gasteiger partial charge on any atom is -0.480 e. The number of carboxylic acid groups (broad SMARTS) is 1. The van der Waals surface area contributed by atoms with Gasteiger partial charge in [-0.15, -0.1) is 0 Å². The molecule has 0 aromatic heterocycles. The van der Waals surface area contributed by atoms with Crippen LogP contribution in [-0.2, 0) is 32.1 Å². The monoisotopic (exact) mass is 459 g/mol. The van der Waals surface area contributed by atoms with Crippen molar-refractivity contribution in [3.05, 3.63) is 34.9 Å². The van der Waals surface area contributed by atoms with Crippen molar-refractivity contribution in [1.82, 2.24) is 15.5 Å². The van der Waals surface area contributed by atoms with E-state index in [4.69, 9.17) is 4.74 Å². The molecule has 178 valence electrons. The van der Waals surface area contributed by atoms with Crippen LogP contribution in [0.25, 0.3) is 0 Å². The molecule has 2 heterocycles. The molecule has 0 bridgehead atoms. The summed E-state index contributed by atoms with van der Waals surface area (Å²) < 4.78 is 5.13. The van der Waals surface area contributed by atoms with E-state index in [9.17, 15) is 29.1 Å². The molecule has 1 aromatic rings. The number of aryl methyl sites for hydroxylation is 1. The van der Waals surface area contributed by atoms with Gasteiger partial charge in [-0.1, -0.05) is 12.1 Å². The number of piperidine rings is 1. The van der Waals surface area contributed by atoms with Crippen molar-refractivity contribution < 1.29 is 33.8 Å². The lowest BCUT2D eigenvalue weighted by molar-refractivity contribution is -0.140. The van der Waals surface area contributed by atoms with Gasteiger partial charge in [0.1, 0.15) is 17.7 Å². The van der Waals surface area contributed by atoms with E-state index in [-0.39, 0.29) is 37.6 Å². The van der Waals surface area contributed by atoms with Crippen molar-refractivity contribution in [2.75, 3.05) is 0 Å². The topological polar surface area (TPSA) is 142 Å². The summed E-state index contributed by atoms with van der Waals surface area (Å²) in [5.74, 6) is -2.21. The van der Waals surface area contributed by atoms with Gasteiger partial charge in [-0.25, -0.2) is 9.59 Å². The number of carbonyl (C=O) groups excluding carboxylic acids is 4. The van der Waals surface area contributed by atoms with Gasteiger partial charge >= 0.3 is 12.1 Å². The minimum atomic E-state index is -1.15. The molecule has 0 aliphatic carbocycles. The molecule has 4 amide bonds. The first-order valence-electron chi connectivity index (χ1n) is 10.9. The lowest BCUT2D eigenvalue weighted by atomic mass is 9.97. The van der Waals surface area contributed by atoms with Gasteiger partial charge in [0, 0.05) is 18.5 Å². The Labute approximate surface area is 191 Å². The Hall–Kier alpha value is -3.43. The summed E-state index contributed by atoms with van der Waals surface area (Å²) in [5.41, 5.74) is 1.47. The van der Waals surface area contributed by atoms with Crippen molar-refractivity contribution in [2.24, 2.45) is 0 Å². The van der Waals surface area contributed by atoms with E-state index in [2.05, 4.69) is 10.6 Å². The Morgan fingerprint density at radius 1 is 1.27 bits per heavy atom. The Balaban J connectivity index is 1.63. The number of benzene rings is 1. The maximum absolute atomic E-state index is 12.9. The molecule has 1 fully saturated rings. The van der Waals surface area contributed by atoms with Crippen molar-refractivity contribution in [2.45, 2.75) is 77.1 Å². The molecule has 0 spiro atoms. The first kappa shape index (κ1) is 24.2. The fourth-order valence-corrected chi connectivity index (χ4v) is 4.09. The Morgan fingerprint density at radius 3 is 2.64 bits per heavy atom. The Morgan fingerprint density at radius 2 is 2.00 bits per heavy atom. The Bertz CT molecular complexity index is 983. The smallest absolute Gasteiger partial charge is 0.408 e. The highest BCUT2D eigenvalue weighted by molar-refractivity contribution is 6.05. The number of fused-ring (bicyclic) bond motifs is 1.